The van der Waals surface area contributed by atoms with Crippen LogP contribution in [0.4, 0.5) is 0 Å². The Labute approximate surface area is 136 Å². The Hall–Kier alpha value is -2.51. The summed E-state index contributed by atoms with van der Waals surface area (Å²) in [7, 11) is 0. The molecule has 1 aliphatic heterocycles. The first-order valence-corrected chi connectivity index (χ1v) is 7.98. The van der Waals surface area contributed by atoms with Gasteiger partial charge in [-0.1, -0.05) is 43.3 Å². The Kier molecular flexibility index (Phi) is 4.50. The fraction of sp³-hybridized carbons (Fsp3) is 0.316. The topological polar surface area (TPSA) is 61.6 Å². The van der Waals surface area contributed by atoms with E-state index in [4.69, 9.17) is 4.98 Å². The fourth-order valence-corrected chi connectivity index (χ4v) is 3.01. The number of hydrogen-bond acceptors (Lipinski definition) is 4. The molecule has 1 aromatic heterocycles. The molecule has 3 rings (SSSR count). The van der Waals surface area contributed by atoms with E-state index in [2.05, 4.69) is 34.6 Å². The van der Waals surface area contributed by atoms with Gasteiger partial charge < -0.3 is 5.32 Å². The Morgan fingerprint density at radius 2 is 2.04 bits per heavy atom. The van der Waals surface area contributed by atoms with Gasteiger partial charge in [-0.2, -0.15) is 5.26 Å². The lowest BCUT2D eigenvalue weighted by molar-refractivity contribution is 0.543. The summed E-state index contributed by atoms with van der Waals surface area (Å²) < 4.78 is 0. The van der Waals surface area contributed by atoms with Crippen LogP contribution < -0.4 is 5.32 Å². The van der Waals surface area contributed by atoms with Crippen LogP contribution >= 0.6 is 0 Å². The first kappa shape index (κ1) is 15.4. The minimum atomic E-state index is 0.0296. The Morgan fingerprint density at radius 3 is 2.74 bits per heavy atom. The minimum absolute atomic E-state index is 0.0296. The number of aryl methyl sites for hydroxylation is 2. The van der Waals surface area contributed by atoms with E-state index in [1.807, 2.05) is 32.0 Å². The molecule has 1 N–H and O–H groups in total. The molecule has 1 aliphatic rings. The predicted molar refractivity (Wildman–Crippen MR) is 90.6 cm³/mol. The van der Waals surface area contributed by atoms with Gasteiger partial charge in [0, 0.05) is 6.54 Å². The lowest BCUT2D eigenvalue weighted by Crippen LogP contribution is -2.28. The first-order chi connectivity index (χ1) is 11.2. The molecule has 0 radical (unpaired) electrons. The summed E-state index contributed by atoms with van der Waals surface area (Å²) in [6.07, 6.45) is 3.82. The van der Waals surface area contributed by atoms with Gasteiger partial charge in [-0.05, 0) is 30.9 Å². The predicted octanol–water partition coefficient (Wildman–Crippen LogP) is 3.34. The minimum Gasteiger partial charge on any atom is -0.305 e. The van der Waals surface area contributed by atoms with Gasteiger partial charge in [0.05, 0.1) is 23.1 Å². The van der Waals surface area contributed by atoms with Crippen molar-refractivity contribution in [2.75, 3.05) is 6.54 Å². The monoisotopic (exact) mass is 304 g/mol. The Bertz CT molecular complexity index is 772. The van der Waals surface area contributed by atoms with Crippen LogP contribution in [0.5, 0.6) is 0 Å². The maximum atomic E-state index is 9.45. The van der Waals surface area contributed by atoms with Crippen LogP contribution in [-0.4, -0.2) is 16.5 Å². The maximum absolute atomic E-state index is 9.45. The highest BCUT2D eigenvalue weighted by Crippen LogP contribution is 2.30. The summed E-state index contributed by atoms with van der Waals surface area (Å²) in [6.45, 7) is 4.77. The molecule has 1 unspecified atom stereocenters. The van der Waals surface area contributed by atoms with Crippen LogP contribution in [0.25, 0.3) is 5.57 Å². The zero-order chi connectivity index (χ0) is 16.2. The van der Waals surface area contributed by atoms with E-state index < -0.39 is 0 Å². The van der Waals surface area contributed by atoms with Crippen molar-refractivity contribution < 1.29 is 0 Å². The smallest absolute Gasteiger partial charge is 0.163 e. The molecule has 4 heteroatoms. The van der Waals surface area contributed by atoms with Gasteiger partial charge in [-0.25, -0.2) is 4.98 Å². The summed E-state index contributed by atoms with van der Waals surface area (Å²) in [5, 5.41) is 12.9. The number of aromatic nitrogens is 2. The van der Waals surface area contributed by atoms with Crippen LogP contribution in [0, 0.1) is 18.3 Å². The lowest BCUT2D eigenvalue weighted by Gasteiger charge is -2.25. The summed E-state index contributed by atoms with van der Waals surface area (Å²) in [6, 6.07) is 12.6. The first-order valence-electron chi connectivity index (χ1n) is 7.98. The van der Waals surface area contributed by atoms with Crippen molar-refractivity contribution in [2.24, 2.45) is 0 Å². The average molecular weight is 304 g/mol. The number of hydrogen-bond donors (Lipinski definition) is 1. The molecular weight excluding hydrogens is 284 g/mol. The fourth-order valence-electron chi connectivity index (χ4n) is 3.01. The van der Waals surface area contributed by atoms with Gasteiger partial charge in [0.25, 0.3) is 0 Å². The second kappa shape index (κ2) is 6.72. The number of nitrogens with one attached hydrogen (secondary N) is 1. The molecule has 0 amide bonds. The third-order valence-corrected chi connectivity index (χ3v) is 4.25. The van der Waals surface area contributed by atoms with E-state index in [0.717, 1.165) is 36.5 Å². The van der Waals surface area contributed by atoms with Gasteiger partial charge in [0.1, 0.15) is 6.07 Å². The SMILES string of the molecule is CCc1nc(C#N)c(C2CC(c3ccccc3)=CCN2)nc1C. The van der Waals surface area contributed by atoms with E-state index in [9.17, 15) is 5.26 Å². The zero-order valence-electron chi connectivity index (χ0n) is 13.5. The standard InChI is InChI=1S/C19H20N4/c1-3-16-13(2)22-19(18(12-20)23-16)17-11-15(9-10-21-17)14-7-5-4-6-8-14/h4-9,17,21H,3,10-11H2,1-2H3. The van der Waals surface area contributed by atoms with Crippen LogP contribution in [-0.2, 0) is 6.42 Å². The van der Waals surface area contributed by atoms with Crippen LogP contribution in [0.15, 0.2) is 36.4 Å². The zero-order valence-corrected chi connectivity index (χ0v) is 13.5. The Balaban J connectivity index is 1.93. The molecule has 1 aromatic carbocycles. The number of nitriles is 1. The van der Waals surface area contributed by atoms with Crippen LogP contribution in [0.1, 0.15) is 47.7 Å². The van der Waals surface area contributed by atoms with E-state index in [1.54, 1.807) is 0 Å². The molecule has 0 fully saturated rings. The van der Waals surface area contributed by atoms with Crippen molar-refractivity contribution in [1.29, 1.82) is 5.26 Å². The van der Waals surface area contributed by atoms with Crippen LogP contribution in [0.3, 0.4) is 0 Å². The normalized spacial score (nSPS) is 17.4. The molecule has 1 atom stereocenters. The molecule has 0 bridgehead atoms. The molecule has 2 aromatic rings. The molecule has 0 saturated carbocycles. The summed E-state index contributed by atoms with van der Waals surface area (Å²) in [4.78, 5) is 9.19. The van der Waals surface area contributed by atoms with Crippen molar-refractivity contribution in [3.8, 4) is 6.07 Å². The van der Waals surface area contributed by atoms with Gasteiger partial charge in [-0.3, -0.25) is 4.98 Å². The van der Waals surface area contributed by atoms with E-state index in [-0.39, 0.29) is 6.04 Å². The third-order valence-electron chi connectivity index (χ3n) is 4.25. The largest absolute Gasteiger partial charge is 0.305 e. The number of nitrogens with zero attached hydrogens (tertiary/aromatic N) is 3. The summed E-state index contributed by atoms with van der Waals surface area (Å²) in [5.41, 5.74) is 5.55. The maximum Gasteiger partial charge on any atom is 0.163 e. The van der Waals surface area contributed by atoms with Gasteiger partial charge in [0.15, 0.2) is 5.69 Å². The molecular formula is C19H20N4. The van der Waals surface area contributed by atoms with Crippen molar-refractivity contribution in [3.63, 3.8) is 0 Å². The summed E-state index contributed by atoms with van der Waals surface area (Å²) >= 11 is 0. The van der Waals surface area contributed by atoms with Crippen molar-refractivity contribution in [2.45, 2.75) is 32.7 Å². The van der Waals surface area contributed by atoms with Gasteiger partial charge in [-0.15, -0.1) is 0 Å². The van der Waals surface area contributed by atoms with Crippen molar-refractivity contribution in [3.05, 3.63) is 64.7 Å². The molecule has 116 valence electrons. The number of rotatable bonds is 3. The third kappa shape index (κ3) is 3.15. The van der Waals surface area contributed by atoms with E-state index in [0.29, 0.717) is 5.69 Å². The highest BCUT2D eigenvalue weighted by atomic mass is 15.0. The van der Waals surface area contributed by atoms with E-state index in [1.165, 1.54) is 11.1 Å². The second-order valence-corrected chi connectivity index (χ2v) is 5.72. The summed E-state index contributed by atoms with van der Waals surface area (Å²) in [5.74, 6) is 0. The van der Waals surface area contributed by atoms with Crippen LogP contribution in [0.2, 0.25) is 0 Å². The van der Waals surface area contributed by atoms with Crippen molar-refractivity contribution >= 4 is 5.57 Å². The molecule has 0 saturated heterocycles. The van der Waals surface area contributed by atoms with E-state index >= 15 is 0 Å². The quantitative estimate of drug-likeness (QED) is 0.944. The molecule has 0 spiro atoms. The van der Waals surface area contributed by atoms with Gasteiger partial charge >= 0.3 is 0 Å². The Morgan fingerprint density at radius 1 is 1.26 bits per heavy atom. The lowest BCUT2D eigenvalue weighted by atomic mass is 9.93. The molecule has 4 nitrogen and oxygen atoms in total. The molecule has 23 heavy (non-hydrogen) atoms. The highest BCUT2D eigenvalue weighted by Gasteiger charge is 2.23. The average Bonchev–Trinajstić information content (AvgIpc) is 2.62. The highest BCUT2D eigenvalue weighted by molar-refractivity contribution is 5.67. The van der Waals surface area contributed by atoms with Gasteiger partial charge in [0.2, 0.25) is 0 Å². The second-order valence-electron chi connectivity index (χ2n) is 5.72. The molecule has 0 aliphatic carbocycles. The van der Waals surface area contributed by atoms with Crippen molar-refractivity contribution in [1.82, 2.24) is 15.3 Å². The molecule has 2 heterocycles. The number of benzene rings is 1.